The summed E-state index contributed by atoms with van der Waals surface area (Å²) < 4.78 is 45.2. The number of carbonyl (C=O) groups excluding carboxylic acids is 2. The molecule has 0 saturated carbocycles. The maximum absolute atomic E-state index is 12.3. The van der Waals surface area contributed by atoms with Gasteiger partial charge in [0.05, 0.1) is 7.11 Å². The number of alkyl halides is 3. The third-order valence-electron chi connectivity index (χ3n) is 2.16. The number of halogens is 3. The van der Waals surface area contributed by atoms with Gasteiger partial charge in [0.1, 0.15) is 11.4 Å². The van der Waals surface area contributed by atoms with Crippen LogP contribution < -0.4 is 10.1 Å². The minimum absolute atomic E-state index is 0.0380. The third-order valence-corrected chi connectivity index (χ3v) is 2.16. The van der Waals surface area contributed by atoms with E-state index in [4.69, 9.17) is 0 Å². The van der Waals surface area contributed by atoms with Crippen LogP contribution in [0.5, 0.6) is 5.75 Å². The highest BCUT2D eigenvalue weighted by atomic mass is 19.4. The largest absolute Gasteiger partial charge is 0.573 e. The Bertz CT molecular complexity index is 567. The highest BCUT2D eigenvalue weighted by Gasteiger charge is 2.31. The van der Waals surface area contributed by atoms with E-state index in [0.717, 1.165) is 26.2 Å². The average molecular weight is 303 g/mol. The first-order valence-corrected chi connectivity index (χ1v) is 5.65. The number of hydrogen-bond donors (Lipinski definition) is 1. The predicted molar refractivity (Wildman–Crippen MR) is 66.9 cm³/mol. The first-order chi connectivity index (χ1) is 9.73. The monoisotopic (exact) mass is 303 g/mol. The van der Waals surface area contributed by atoms with E-state index in [1.165, 1.54) is 18.2 Å². The minimum Gasteiger partial charge on any atom is -0.464 e. The number of rotatable bonds is 4. The molecule has 1 amide bonds. The van der Waals surface area contributed by atoms with E-state index in [9.17, 15) is 22.8 Å². The number of methoxy groups -OCH3 is 1. The fourth-order valence-corrected chi connectivity index (χ4v) is 1.42. The molecule has 1 aromatic rings. The SMILES string of the molecule is COC(=O)/C(=C/c1ccccc1OC(F)(F)F)NC(C)=O. The Kier molecular flexibility index (Phi) is 5.34. The van der Waals surface area contributed by atoms with Crippen LogP contribution in [0.2, 0.25) is 0 Å². The Morgan fingerprint density at radius 2 is 1.86 bits per heavy atom. The number of para-hydroxylation sites is 1. The van der Waals surface area contributed by atoms with Gasteiger partial charge in [-0.25, -0.2) is 4.79 Å². The molecular formula is C13H12F3NO4. The lowest BCUT2D eigenvalue weighted by molar-refractivity contribution is -0.274. The van der Waals surface area contributed by atoms with E-state index in [1.807, 2.05) is 0 Å². The zero-order valence-corrected chi connectivity index (χ0v) is 11.2. The molecule has 0 radical (unpaired) electrons. The third kappa shape index (κ3) is 5.55. The van der Waals surface area contributed by atoms with Gasteiger partial charge < -0.3 is 14.8 Å². The Morgan fingerprint density at radius 3 is 2.38 bits per heavy atom. The molecule has 0 bridgehead atoms. The van der Waals surface area contributed by atoms with Crippen LogP contribution >= 0.6 is 0 Å². The molecule has 0 aliphatic rings. The summed E-state index contributed by atoms with van der Waals surface area (Å²) >= 11 is 0. The van der Waals surface area contributed by atoms with Gasteiger partial charge in [0, 0.05) is 12.5 Å². The van der Waals surface area contributed by atoms with Crippen molar-refractivity contribution in [1.29, 1.82) is 0 Å². The van der Waals surface area contributed by atoms with Gasteiger partial charge in [0.25, 0.3) is 0 Å². The fourth-order valence-electron chi connectivity index (χ4n) is 1.42. The smallest absolute Gasteiger partial charge is 0.464 e. The number of hydrogen-bond acceptors (Lipinski definition) is 4. The van der Waals surface area contributed by atoms with Crippen molar-refractivity contribution < 1.29 is 32.2 Å². The molecule has 1 aromatic carbocycles. The van der Waals surface area contributed by atoms with Crippen molar-refractivity contribution >= 4 is 18.0 Å². The maximum Gasteiger partial charge on any atom is 0.573 e. The Balaban J connectivity index is 3.20. The lowest BCUT2D eigenvalue weighted by atomic mass is 10.1. The molecule has 1 N–H and O–H groups in total. The second kappa shape index (κ2) is 6.78. The van der Waals surface area contributed by atoms with E-state index in [-0.39, 0.29) is 11.3 Å². The Morgan fingerprint density at radius 1 is 1.24 bits per heavy atom. The van der Waals surface area contributed by atoms with Gasteiger partial charge in [0.2, 0.25) is 5.91 Å². The standard InChI is InChI=1S/C13H12F3NO4/c1-8(18)17-10(12(19)20-2)7-9-5-3-4-6-11(9)21-13(14,15)16/h3-7H,1-2H3,(H,17,18)/b10-7-. The molecule has 0 fully saturated rings. The van der Waals surface area contributed by atoms with Crippen molar-refractivity contribution in [3.05, 3.63) is 35.5 Å². The average Bonchev–Trinajstić information content (AvgIpc) is 2.37. The molecule has 0 saturated heterocycles. The second-order valence-electron chi connectivity index (χ2n) is 3.82. The Labute approximate surface area is 118 Å². The van der Waals surface area contributed by atoms with Gasteiger partial charge in [-0.1, -0.05) is 18.2 Å². The molecule has 0 atom stereocenters. The van der Waals surface area contributed by atoms with Crippen LogP contribution in [0.3, 0.4) is 0 Å². The summed E-state index contributed by atoms with van der Waals surface area (Å²) in [7, 11) is 1.08. The second-order valence-corrected chi connectivity index (χ2v) is 3.82. The molecule has 8 heteroatoms. The molecule has 0 spiro atoms. The quantitative estimate of drug-likeness (QED) is 0.684. The van der Waals surface area contributed by atoms with E-state index in [0.29, 0.717) is 0 Å². The molecule has 114 valence electrons. The Hall–Kier alpha value is -2.51. The van der Waals surface area contributed by atoms with Crippen molar-refractivity contribution in [1.82, 2.24) is 5.32 Å². The van der Waals surface area contributed by atoms with Crippen LogP contribution in [0, 0.1) is 0 Å². The van der Waals surface area contributed by atoms with Crippen molar-refractivity contribution in [2.24, 2.45) is 0 Å². The molecule has 5 nitrogen and oxygen atoms in total. The molecule has 21 heavy (non-hydrogen) atoms. The first-order valence-electron chi connectivity index (χ1n) is 5.65. The number of carbonyl (C=O) groups is 2. The molecule has 1 rings (SSSR count). The zero-order chi connectivity index (χ0) is 16.0. The lowest BCUT2D eigenvalue weighted by Gasteiger charge is -2.12. The van der Waals surface area contributed by atoms with Gasteiger partial charge in [-0.15, -0.1) is 13.2 Å². The van der Waals surface area contributed by atoms with Crippen LogP contribution in [0.15, 0.2) is 30.0 Å². The van der Waals surface area contributed by atoms with Gasteiger partial charge in [0.15, 0.2) is 0 Å². The van der Waals surface area contributed by atoms with Gasteiger partial charge >= 0.3 is 12.3 Å². The number of esters is 1. The summed E-state index contributed by atoms with van der Waals surface area (Å²) in [4.78, 5) is 22.5. The van der Waals surface area contributed by atoms with E-state index >= 15 is 0 Å². The highest BCUT2D eigenvalue weighted by Crippen LogP contribution is 2.27. The number of ether oxygens (including phenoxy) is 2. The summed E-state index contributed by atoms with van der Waals surface area (Å²) in [5.74, 6) is -1.97. The van der Waals surface area contributed by atoms with Crippen LogP contribution in [-0.4, -0.2) is 25.3 Å². The van der Waals surface area contributed by atoms with Crippen molar-refractivity contribution in [3.63, 3.8) is 0 Å². The van der Waals surface area contributed by atoms with Crippen molar-refractivity contribution in [3.8, 4) is 5.75 Å². The maximum atomic E-state index is 12.3. The zero-order valence-electron chi connectivity index (χ0n) is 11.2. The minimum atomic E-state index is -4.87. The predicted octanol–water partition coefficient (Wildman–Crippen LogP) is 2.24. The van der Waals surface area contributed by atoms with Crippen LogP contribution in [0.1, 0.15) is 12.5 Å². The molecule has 0 heterocycles. The van der Waals surface area contributed by atoms with Crippen LogP contribution in [-0.2, 0) is 14.3 Å². The first kappa shape index (κ1) is 16.5. The fraction of sp³-hybridized carbons (Fsp3) is 0.231. The highest BCUT2D eigenvalue weighted by molar-refractivity contribution is 5.97. The summed E-state index contributed by atoms with van der Waals surface area (Å²) in [6.07, 6.45) is -3.84. The van der Waals surface area contributed by atoms with E-state index in [1.54, 1.807) is 0 Å². The molecule has 0 aliphatic carbocycles. The van der Waals surface area contributed by atoms with Gasteiger partial charge in [-0.3, -0.25) is 4.79 Å². The summed E-state index contributed by atoms with van der Waals surface area (Å²) in [6, 6.07) is 5.18. The molecule has 0 aliphatic heterocycles. The summed E-state index contributed by atoms with van der Waals surface area (Å²) in [5.41, 5.74) is -0.341. The van der Waals surface area contributed by atoms with E-state index < -0.39 is 24.0 Å². The van der Waals surface area contributed by atoms with Crippen molar-refractivity contribution in [2.45, 2.75) is 13.3 Å². The van der Waals surface area contributed by atoms with Crippen molar-refractivity contribution in [2.75, 3.05) is 7.11 Å². The number of amides is 1. The number of benzene rings is 1. The topological polar surface area (TPSA) is 64.6 Å². The van der Waals surface area contributed by atoms with Crippen LogP contribution in [0.4, 0.5) is 13.2 Å². The number of nitrogens with one attached hydrogen (secondary N) is 1. The van der Waals surface area contributed by atoms with Gasteiger partial charge in [-0.05, 0) is 12.1 Å². The molecule has 0 unspecified atom stereocenters. The molecular weight excluding hydrogens is 291 g/mol. The normalized spacial score (nSPS) is 11.8. The van der Waals surface area contributed by atoms with Gasteiger partial charge in [-0.2, -0.15) is 0 Å². The van der Waals surface area contributed by atoms with Crippen LogP contribution in [0.25, 0.3) is 6.08 Å². The lowest BCUT2D eigenvalue weighted by Crippen LogP contribution is -2.25. The van der Waals surface area contributed by atoms with E-state index in [2.05, 4.69) is 14.8 Å². The summed E-state index contributed by atoms with van der Waals surface area (Å²) in [5, 5.41) is 2.18. The molecule has 0 aromatic heterocycles. The summed E-state index contributed by atoms with van der Waals surface area (Å²) in [6.45, 7) is 1.15.